The fourth-order valence-electron chi connectivity index (χ4n) is 2.15. The van der Waals surface area contributed by atoms with Gasteiger partial charge in [-0.1, -0.05) is 41.9 Å². The van der Waals surface area contributed by atoms with Crippen LogP contribution in [0.2, 0.25) is 5.02 Å². The predicted octanol–water partition coefficient (Wildman–Crippen LogP) is 3.86. The van der Waals surface area contributed by atoms with Gasteiger partial charge in [-0.25, -0.2) is 0 Å². The molecule has 0 heterocycles. The van der Waals surface area contributed by atoms with E-state index in [4.69, 9.17) is 17.3 Å². The van der Waals surface area contributed by atoms with Gasteiger partial charge in [-0.3, -0.25) is 4.90 Å². The highest BCUT2D eigenvalue weighted by Gasteiger charge is 2.09. The average Bonchev–Trinajstić information content (AvgIpc) is 2.37. The first-order valence-electron chi connectivity index (χ1n) is 6.34. The summed E-state index contributed by atoms with van der Waals surface area (Å²) in [7, 11) is 2.08. The Kier molecular flexibility index (Phi) is 4.46. The highest BCUT2D eigenvalue weighted by atomic mass is 35.5. The molecule has 0 fully saturated rings. The van der Waals surface area contributed by atoms with Crippen molar-refractivity contribution in [1.29, 1.82) is 0 Å². The van der Waals surface area contributed by atoms with Crippen LogP contribution in [0.3, 0.4) is 0 Å². The number of anilines is 1. The van der Waals surface area contributed by atoms with Crippen molar-refractivity contribution in [2.45, 2.75) is 20.0 Å². The maximum absolute atomic E-state index is 6.20. The first kappa shape index (κ1) is 13.9. The maximum Gasteiger partial charge on any atom is 0.0471 e. The Labute approximate surface area is 119 Å². The second kappa shape index (κ2) is 6.09. The number of rotatable bonds is 4. The second-order valence-corrected chi connectivity index (χ2v) is 5.31. The Bertz CT molecular complexity index is 546. The molecule has 0 aliphatic carbocycles. The third-order valence-corrected chi connectivity index (χ3v) is 3.64. The number of nitrogens with zero attached hydrogens (tertiary/aromatic N) is 1. The minimum absolute atomic E-state index is 0.733. The number of nitrogen functional groups attached to an aromatic ring is 1. The van der Waals surface area contributed by atoms with Crippen molar-refractivity contribution in [3.8, 4) is 0 Å². The summed E-state index contributed by atoms with van der Waals surface area (Å²) in [6.45, 7) is 3.77. The lowest BCUT2D eigenvalue weighted by Gasteiger charge is -2.19. The summed E-state index contributed by atoms with van der Waals surface area (Å²) in [5.41, 5.74) is 10.4. The van der Waals surface area contributed by atoms with E-state index in [1.807, 2.05) is 18.2 Å². The summed E-state index contributed by atoms with van der Waals surface area (Å²) < 4.78 is 0. The second-order valence-electron chi connectivity index (χ2n) is 4.91. The van der Waals surface area contributed by atoms with Crippen LogP contribution in [0.5, 0.6) is 0 Å². The largest absolute Gasteiger partial charge is 0.398 e. The Morgan fingerprint density at radius 3 is 2.47 bits per heavy atom. The molecule has 0 spiro atoms. The van der Waals surface area contributed by atoms with E-state index in [9.17, 15) is 0 Å². The van der Waals surface area contributed by atoms with Gasteiger partial charge in [-0.2, -0.15) is 0 Å². The highest BCUT2D eigenvalue weighted by Crippen LogP contribution is 2.24. The van der Waals surface area contributed by atoms with Crippen LogP contribution in [-0.4, -0.2) is 11.9 Å². The molecule has 3 heteroatoms. The van der Waals surface area contributed by atoms with Gasteiger partial charge in [-0.05, 0) is 37.2 Å². The van der Waals surface area contributed by atoms with E-state index in [2.05, 4.69) is 43.1 Å². The quantitative estimate of drug-likeness (QED) is 0.858. The zero-order chi connectivity index (χ0) is 13.8. The van der Waals surface area contributed by atoms with E-state index in [-0.39, 0.29) is 0 Å². The molecule has 2 N–H and O–H groups in total. The standard InChI is InChI=1S/C16H19ClN2/c1-12-6-3-4-7-13(12)10-19(2)11-14-15(17)8-5-9-16(14)18/h3-9H,10-11,18H2,1-2H3. The van der Waals surface area contributed by atoms with Crippen molar-refractivity contribution in [1.82, 2.24) is 4.90 Å². The van der Waals surface area contributed by atoms with Crippen molar-refractivity contribution >= 4 is 17.3 Å². The molecular formula is C16H19ClN2. The normalized spacial score (nSPS) is 10.9. The molecule has 0 unspecified atom stereocenters. The van der Waals surface area contributed by atoms with Crippen molar-refractivity contribution in [3.63, 3.8) is 0 Å². The van der Waals surface area contributed by atoms with Crippen molar-refractivity contribution in [2.24, 2.45) is 0 Å². The van der Waals surface area contributed by atoms with Crippen LogP contribution in [0.1, 0.15) is 16.7 Å². The maximum atomic E-state index is 6.20. The van der Waals surface area contributed by atoms with E-state index < -0.39 is 0 Å². The molecule has 0 aromatic heterocycles. The molecule has 0 amide bonds. The summed E-state index contributed by atoms with van der Waals surface area (Å²) in [5.74, 6) is 0. The molecule has 0 bridgehead atoms. The predicted molar refractivity (Wildman–Crippen MR) is 82.2 cm³/mol. The number of aryl methyl sites for hydroxylation is 1. The molecular weight excluding hydrogens is 256 g/mol. The zero-order valence-corrected chi connectivity index (χ0v) is 12.1. The van der Waals surface area contributed by atoms with E-state index >= 15 is 0 Å². The van der Waals surface area contributed by atoms with Gasteiger partial charge in [0.05, 0.1) is 0 Å². The summed E-state index contributed by atoms with van der Waals surface area (Å²) in [4.78, 5) is 2.22. The summed E-state index contributed by atoms with van der Waals surface area (Å²) >= 11 is 6.20. The number of hydrogen-bond donors (Lipinski definition) is 1. The molecule has 0 saturated carbocycles. The molecule has 0 saturated heterocycles. The van der Waals surface area contributed by atoms with Crippen molar-refractivity contribution < 1.29 is 0 Å². The Morgan fingerprint density at radius 2 is 1.79 bits per heavy atom. The monoisotopic (exact) mass is 274 g/mol. The van der Waals surface area contributed by atoms with Crippen molar-refractivity contribution in [3.05, 3.63) is 64.2 Å². The Morgan fingerprint density at radius 1 is 1.05 bits per heavy atom. The summed E-state index contributed by atoms with van der Waals surface area (Å²) in [5, 5.41) is 0.733. The van der Waals surface area contributed by atoms with Gasteiger partial charge in [0.2, 0.25) is 0 Å². The van der Waals surface area contributed by atoms with E-state index in [1.165, 1.54) is 11.1 Å². The first-order chi connectivity index (χ1) is 9.08. The minimum atomic E-state index is 0.733. The van der Waals surface area contributed by atoms with Crippen molar-refractivity contribution in [2.75, 3.05) is 12.8 Å². The summed E-state index contributed by atoms with van der Waals surface area (Å²) in [6.07, 6.45) is 0. The van der Waals surface area contributed by atoms with Crippen LogP contribution in [0.15, 0.2) is 42.5 Å². The smallest absolute Gasteiger partial charge is 0.0471 e. The molecule has 0 aliphatic heterocycles. The van der Waals surface area contributed by atoms with Gasteiger partial charge in [-0.15, -0.1) is 0 Å². The number of hydrogen-bond acceptors (Lipinski definition) is 2. The van der Waals surface area contributed by atoms with Crippen LogP contribution in [-0.2, 0) is 13.1 Å². The van der Waals surface area contributed by atoms with Gasteiger partial charge in [0.15, 0.2) is 0 Å². The molecule has 0 aliphatic rings. The molecule has 19 heavy (non-hydrogen) atoms. The Balaban J connectivity index is 2.10. The lowest BCUT2D eigenvalue weighted by Crippen LogP contribution is -2.18. The minimum Gasteiger partial charge on any atom is -0.398 e. The van der Waals surface area contributed by atoms with Gasteiger partial charge >= 0.3 is 0 Å². The van der Waals surface area contributed by atoms with Gasteiger partial charge in [0.25, 0.3) is 0 Å². The molecule has 2 aromatic carbocycles. The lowest BCUT2D eigenvalue weighted by atomic mass is 10.1. The van der Waals surface area contributed by atoms with Gasteiger partial charge < -0.3 is 5.73 Å². The third kappa shape index (κ3) is 3.49. The van der Waals surface area contributed by atoms with Gasteiger partial charge in [0.1, 0.15) is 0 Å². The van der Waals surface area contributed by atoms with E-state index in [0.717, 1.165) is 29.4 Å². The number of benzene rings is 2. The number of halogens is 1. The SMILES string of the molecule is Cc1ccccc1CN(C)Cc1c(N)cccc1Cl. The third-order valence-electron chi connectivity index (χ3n) is 3.28. The molecule has 2 aromatic rings. The first-order valence-corrected chi connectivity index (χ1v) is 6.71. The Hall–Kier alpha value is -1.51. The van der Waals surface area contributed by atoms with E-state index in [0.29, 0.717) is 0 Å². The zero-order valence-electron chi connectivity index (χ0n) is 11.4. The molecule has 0 radical (unpaired) electrons. The van der Waals surface area contributed by atoms with Crippen LogP contribution in [0.4, 0.5) is 5.69 Å². The fraction of sp³-hybridized carbons (Fsp3) is 0.250. The molecule has 0 atom stereocenters. The average molecular weight is 275 g/mol. The topological polar surface area (TPSA) is 29.3 Å². The van der Waals surface area contributed by atoms with Gasteiger partial charge in [0, 0.05) is 29.4 Å². The highest BCUT2D eigenvalue weighted by molar-refractivity contribution is 6.31. The van der Waals surface area contributed by atoms with E-state index in [1.54, 1.807) is 0 Å². The number of nitrogens with two attached hydrogens (primary N) is 1. The summed E-state index contributed by atoms with van der Waals surface area (Å²) in [6, 6.07) is 14.1. The van der Waals surface area contributed by atoms with Crippen LogP contribution < -0.4 is 5.73 Å². The lowest BCUT2D eigenvalue weighted by molar-refractivity contribution is 0.319. The van der Waals surface area contributed by atoms with Crippen LogP contribution in [0.25, 0.3) is 0 Å². The molecule has 2 nitrogen and oxygen atoms in total. The molecule has 100 valence electrons. The molecule has 2 rings (SSSR count). The van der Waals surface area contributed by atoms with Crippen LogP contribution in [0, 0.1) is 6.92 Å². The fourth-order valence-corrected chi connectivity index (χ4v) is 2.39. The van der Waals surface area contributed by atoms with Crippen LogP contribution >= 0.6 is 11.6 Å².